The second-order valence-electron chi connectivity index (χ2n) is 9.54. The van der Waals surface area contributed by atoms with Crippen molar-refractivity contribution in [1.29, 1.82) is 5.26 Å². The summed E-state index contributed by atoms with van der Waals surface area (Å²) >= 11 is 5.90. The van der Waals surface area contributed by atoms with Gasteiger partial charge in [-0.2, -0.15) is 5.26 Å². The number of sulfone groups is 1. The average molecular weight is 559 g/mol. The van der Waals surface area contributed by atoms with Crippen molar-refractivity contribution < 1.29 is 17.9 Å². The van der Waals surface area contributed by atoms with Crippen LogP contribution in [0.25, 0.3) is 5.69 Å². The third-order valence-electron chi connectivity index (χ3n) is 7.15. The summed E-state index contributed by atoms with van der Waals surface area (Å²) in [6, 6.07) is 8.01. The SMILES string of the molecule is COc1cccc(C)c1-n1c(CS(=O)(=O)[C@@H](C)[C@H](OC)c2ncc(Cl)cn2)nnc1C1CCC(C#N)CC1. The number of hydrogen-bond donors (Lipinski definition) is 0. The lowest BCUT2D eigenvalue weighted by Crippen LogP contribution is -2.30. The van der Waals surface area contributed by atoms with Crippen molar-refractivity contribution in [3.8, 4) is 17.5 Å². The monoisotopic (exact) mass is 558 g/mol. The second-order valence-corrected chi connectivity index (χ2v) is 12.3. The van der Waals surface area contributed by atoms with Crippen molar-refractivity contribution in [2.45, 2.75) is 62.6 Å². The minimum atomic E-state index is -3.82. The van der Waals surface area contributed by atoms with E-state index in [1.165, 1.54) is 19.5 Å². The van der Waals surface area contributed by atoms with E-state index in [4.69, 9.17) is 21.1 Å². The number of aromatic nitrogens is 5. The highest BCUT2D eigenvalue weighted by Gasteiger charge is 2.36. The molecule has 1 aliphatic carbocycles. The number of nitriles is 1. The van der Waals surface area contributed by atoms with Crippen molar-refractivity contribution in [3.05, 3.63) is 58.7 Å². The number of halogens is 1. The highest BCUT2D eigenvalue weighted by Crippen LogP contribution is 2.38. The highest BCUT2D eigenvalue weighted by molar-refractivity contribution is 7.91. The lowest BCUT2D eigenvalue weighted by molar-refractivity contribution is 0.0948. The molecule has 0 amide bonds. The van der Waals surface area contributed by atoms with Gasteiger partial charge in [-0.3, -0.25) is 4.57 Å². The molecule has 0 radical (unpaired) electrons. The lowest BCUT2D eigenvalue weighted by atomic mass is 9.82. The van der Waals surface area contributed by atoms with E-state index in [-0.39, 0.29) is 29.2 Å². The summed E-state index contributed by atoms with van der Waals surface area (Å²) in [5, 5.41) is 17.6. The van der Waals surface area contributed by atoms with Gasteiger partial charge in [0.1, 0.15) is 23.4 Å². The molecule has 2 heterocycles. The molecule has 4 rings (SSSR count). The topological polar surface area (TPSA) is 133 Å². The molecule has 2 aromatic heterocycles. The van der Waals surface area contributed by atoms with Crippen LogP contribution in [0.15, 0.2) is 30.6 Å². The maximum absolute atomic E-state index is 13.7. The van der Waals surface area contributed by atoms with E-state index in [9.17, 15) is 13.7 Å². The molecular weight excluding hydrogens is 528 g/mol. The largest absolute Gasteiger partial charge is 0.495 e. The Balaban J connectivity index is 1.75. The first kappa shape index (κ1) is 28.0. The molecule has 38 heavy (non-hydrogen) atoms. The van der Waals surface area contributed by atoms with Crippen molar-refractivity contribution in [1.82, 2.24) is 24.7 Å². The first-order valence-corrected chi connectivity index (χ1v) is 14.5. The first-order valence-electron chi connectivity index (χ1n) is 12.4. The summed E-state index contributed by atoms with van der Waals surface area (Å²) in [4.78, 5) is 8.33. The molecule has 3 aromatic rings. The summed E-state index contributed by atoms with van der Waals surface area (Å²) in [6.45, 7) is 3.51. The minimum absolute atomic E-state index is 0.0254. The third kappa shape index (κ3) is 5.67. The molecule has 202 valence electrons. The second kappa shape index (κ2) is 11.8. The van der Waals surface area contributed by atoms with Gasteiger partial charge >= 0.3 is 0 Å². The van der Waals surface area contributed by atoms with Crippen molar-refractivity contribution in [3.63, 3.8) is 0 Å². The molecule has 0 aliphatic heterocycles. The molecule has 12 heteroatoms. The Morgan fingerprint density at radius 2 is 1.84 bits per heavy atom. The Morgan fingerprint density at radius 1 is 1.16 bits per heavy atom. The van der Waals surface area contributed by atoms with Crippen LogP contribution in [-0.2, 0) is 20.3 Å². The van der Waals surface area contributed by atoms with E-state index >= 15 is 0 Å². The maximum Gasteiger partial charge on any atom is 0.163 e. The van der Waals surface area contributed by atoms with Gasteiger partial charge < -0.3 is 9.47 Å². The standard InChI is InChI=1S/C26H31ClN6O4S/c1-16-6-5-7-21(36-3)23(16)33-22(31-32-26(33)19-10-8-18(12-28)9-11-19)15-38(34,35)17(2)24(37-4)25-29-13-20(27)14-30-25/h5-7,13-14,17-19,24H,8-11,15H2,1-4H3/t17-,18?,19?,24-/m0/s1. The van der Waals surface area contributed by atoms with Crippen molar-refractivity contribution >= 4 is 21.4 Å². The number of aryl methyl sites for hydroxylation is 1. The number of hydrogen-bond acceptors (Lipinski definition) is 9. The van der Waals surface area contributed by atoms with Gasteiger partial charge in [0, 0.05) is 31.3 Å². The van der Waals surface area contributed by atoms with Gasteiger partial charge in [0.2, 0.25) is 0 Å². The number of para-hydroxylation sites is 1. The summed E-state index contributed by atoms with van der Waals surface area (Å²) in [6.07, 6.45) is 4.98. The molecule has 1 aromatic carbocycles. The van der Waals surface area contributed by atoms with E-state index in [0.717, 1.165) is 31.2 Å². The number of methoxy groups -OCH3 is 2. The van der Waals surface area contributed by atoms with Crippen LogP contribution in [0.1, 0.15) is 67.7 Å². The van der Waals surface area contributed by atoms with E-state index < -0.39 is 21.2 Å². The first-order chi connectivity index (χ1) is 18.2. The zero-order chi connectivity index (χ0) is 27.4. The maximum atomic E-state index is 13.7. The third-order valence-corrected chi connectivity index (χ3v) is 9.38. The molecule has 1 fully saturated rings. The fraction of sp³-hybridized carbons (Fsp3) is 0.500. The van der Waals surface area contributed by atoms with Crippen LogP contribution in [0.4, 0.5) is 0 Å². The molecule has 0 bridgehead atoms. The summed E-state index contributed by atoms with van der Waals surface area (Å²) < 4.78 is 40.5. The minimum Gasteiger partial charge on any atom is -0.495 e. The van der Waals surface area contributed by atoms with Crippen LogP contribution < -0.4 is 4.74 Å². The Kier molecular flexibility index (Phi) is 8.65. The van der Waals surface area contributed by atoms with Gasteiger partial charge in [-0.15, -0.1) is 10.2 Å². The Hall–Kier alpha value is -3.07. The van der Waals surface area contributed by atoms with E-state index in [0.29, 0.717) is 22.3 Å². The number of benzene rings is 1. The quantitative estimate of drug-likeness (QED) is 0.371. The van der Waals surface area contributed by atoms with Crippen LogP contribution in [0.5, 0.6) is 5.75 Å². The molecule has 10 nitrogen and oxygen atoms in total. The zero-order valence-corrected chi connectivity index (χ0v) is 23.4. The normalized spacial score (nSPS) is 19.5. The molecule has 0 unspecified atom stereocenters. The number of rotatable bonds is 9. The van der Waals surface area contributed by atoms with Gasteiger partial charge in [0.05, 0.1) is 29.1 Å². The van der Waals surface area contributed by atoms with Gasteiger partial charge in [-0.25, -0.2) is 18.4 Å². The van der Waals surface area contributed by atoms with Crippen LogP contribution >= 0.6 is 11.6 Å². The average Bonchev–Trinajstić information content (AvgIpc) is 3.31. The smallest absolute Gasteiger partial charge is 0.163 e. The molecule has 0 spiro atoms. The van der Waals surface area contributed by atoms with Gasteiger partial charge in [0.15, 0.2) is 21.5 Å². The molecule has 1 aliphatic rings. The molecular formula is C26H31ClN6O4S. The highest BCUT2D eigenvalue weighted by atomic mass is 35.5. The van der Waals surface area contributed by atoms with Gasteiger partial charge in [-0.05, 0) is 51.2 Å². The Labute approximate surface area is 227 Å². The summed E-state index contributed by atoms with van der Waals surface area (Å²) in [7, 11) is -0.822. The number of ether oxygens (including phenoxy) is 2. The summed E-state index contributed by atoms with van der Waals surface area (Å²) in [5.41, 5.74) is 1.60. The fourth-order valence-electron chi connectivity index (χ4n) is 4.97. The number of nitrogens with zero attached hydrogens (tertiary/aromatic N) is 6. The van der Waals surface area contributed by atoms with Gasteiger partial charge in [-0.1, -0.05) is 23.7 Å². The molecule has 2 atom stereocenters. The molecule has 0 saturated heterocycles. The Morgan fingerprint density at radius 3 is 2.45 bits per heavy atom. The summed E-state index contributed by atoms with van der Waals surface area (Å²) in [5.74, 6) is 1.47. The fourth-order valence-corrected chi connectivity index (χ4v) is 6.49. The van der Waals surface area contributed by atoms with E-state index in [2.05, 4.69) is 26.2 Å². The van der Waals surface area contributed by atoms with Crippen LogP contribution in [0.3, 0.4) is 0 Å². The molecule has 1 saturated carbocycles. The predicted molar refractivity (Wildman–Crippen MR) is 142 cm³/mol. The van der Waals surface area contributed by atoms with Crippen LogP contribution in [-0.4, -0.2) is 52.6 Å². The van der Waals surface area contributed by atoms with E-state index in [1.807, 2.05) is 29.7 Å². The van der Waals surface area contributed by atoms with Crippen molar-refractivity contribution in [2.24, 2.45) is 5.92 Å². The zero-order valence-electron chi connectivity index (χ0n) is 21.8. The van der Waals surface area contributed by atoms with Crippen molar-refractivity contribution in [2.75, 3.05) is 14.2 Å². The van der Waals surface area contributed by atoms with Crippen LogP contribution in [0.2, 0.25) is 5.02 Å². The van der Waals surface area contributed by atoms with E-state index in [1.54, 1.807) is 14.0 Å². The lowest BCUT2D eigenvalue weighted by Gasteiger charge is -2.26. The Bertz CT molecular complexity index is 1410. The predicted octanol–water partition coefficient (Wildman–Crippen LogP) is 4.52. The van der Waals surface area contributed by atoms with Crippen LogP contribution in [0, 0.1) is 24.2 Å². The van der Waals surface area contributed by atoms with Gasteiger partial charge in [0.25, 0.3) is 0 Å². The molecule has 0 N–H and O–H groups in total.